The van der Waals surface area contributed by atoms with Crippen LogP contribution < -0.4 is 5.32 Å². The van der Waals surface area contributed by atoms with Gasteiger partial charge < -0.3 is 9.84 Å². The molecule has 0 saturated heterocycles. The minimum absolute atomic E-state index is 0.280. The van der Waals surface area contributed by atoms with E-state index in [2.05, 4.69) is 30.4 Å². The normalized spacial score (nSPS) is 12.3. The average Bonchev–Trinajstić information content (AvgIpc) is 3.25. The highest BCUT2D eigenvalue weighted by Gasteiger charge is 2.30. The monoisotopic (exact) mass is 427 g/mol. The van der Waals surface area contributed by atoms with Crippen molar-refractivity contribution in [1.29, 1.82) is 0 Å². The fourth-order valence-electron chi connectivity index (χ4n) is 3.59. The smallest absolute Gasteiger partial charge is 0.243 e. The van der Waals surface area contributed by atoms with Gasteiger partial charge in [0.15, 0.2) is 0 Å². The molecule has 0 atom stereocenters. The van der Waals surface area contributed by atoms with E-state index in [0.29, 0.717) is 18.8 Å². The Morgan fingerprint density at radius 1 is 1.03 bits per heavy atom. The molecule has 1 aromatic heterocycles. The molecular weight excluding hydrogens is 398 g/mol. The fourth-order valence-corrected chi connectivity index (χ4v) is 5.05. The number of anilines is 1. The summed E-state index contributed by atoms with van der Waals surface area (Å²) >= 11 is 0. The van der Waals surface area contributed by atoms with E-state index in [1.807, 2.05) is 45.2 Å². The molecule has 0 fully saturated rings. The quantitative estimate of drug-likeness (QED) is 0.562. The molecule has 3 rings (SSSR count). The minimum Gasteiger partial charge on any atom is -0.388 e. The standard InChI is InChI=1S/C23H29N3O3S/c1-6-26(7-2)30(27,28)18-14-12-17(13-15-18)21-16-22(29-25-21)23(3,4)19-10-8-9-11-20(19)24-5/h8-16,24H,6-7H2,1-5H3. The van der Waals surface area contributed by atoms with Gasteiger partial charge in [-0.25, -0.2) is 8.42 Å². The van der Waals surface area contributed by atoms with Crippen LogP contribution >= 0.6 is 0 Å². The maximum atomic E-state index is 12.7. The van der Waals surface area contributed by atoms with Gasteiger partial charge in [0.2, 0.25) is 10.0 Å². The van der Waals surface area contributed by atoms with E-state index in [0.717, 1.165) is 22.6 Å². The van der Waals surface area contributed by atoms with Gasteiger partial charge in [-0.3, -0.25) is 0 Å². The van der Waals surface area contributed by atoms with Crippen LogP contribution in [0.1, 0.15) is 39.0 Å². The first-order valence-electron chi connectivity index (χ1n) is 10.1. The molecule has 0 bridgehead atoms. The second kappa shape index (κ2) is 8.62. The number of aromatic nitrogens is 1. The molecule has 0 amide bonds. The molecule has 0 unspecified atom stereocenters. The summed E-state index contributed by atoms with van der Waals surface area (Å²) in [4.78, 5) is 0.280. The third-order valence-corrected chi connectivity index (χ3v) is 7.55. The molecule has 30 heavy (non-hydrogen) atoms. The SMILES string of the molecule is CCN(CC)S(=O)(=O)c1ccc(-c2cc(C(C)(C)c3ccccc3NC)on2)cc1. The Morgan fingerprint density at radius 3 is 2.27 bits per heavy atom. The van der Waals surface area contributed by atoms with E-state index in [9.17, 15) is 8.42 Å². The van der Waals surface area contributed by atoms with Crippen LogP contribution in [0.15, 0.2) is 64.0 Å². The first kappa shape index (κ1) is 22.1. The highest BCUT2D eigenvalue weighted by Crippen LogP contribution is 2.37. The van der Waals surface area contributed by atoms with Crippen LogP contribution in [-0.4, -0.2) is 38.0 Å². The van der Waals surface area contributed by atoms with Gasteiger partial charge in [-0.1, -0.05) is 49.3 Å². The molecule has 0 spiro atoms. The summed E-state index contributed by atoms with van der Waals surface area (Å²) in [6.07, 6.45) is 0. The molecule has 0 aliphatic heterocycles. The lowest BCUT2D eigenvalue weighted by atomic mass is 9.81. The van der Waals surface area contributed by atoms with E-state index < -0.39 is 15.4 Å². The molecule has 0 aliphatic rings. The predicted molar refractivity (Wildman–Crippen MR) is 120 cm³/mol. The molecule has 0 aliphatic carbocycles. The highest BCUT2D eigenvalue weighted by atomic mass is 32.2. The molecule has 6 nitrogen and oxygen atoms in total. The number of nitrogens with one attached hydrogen (secondary N) is 1. The Labute approximate surface area is 179 Å². The number of para-hydroxylation sites is 1. The largest absolute Gasteiger partial charge is 0.388 e. The second-order valence-electron chi connectivity index (χ2n) is 7.61. The number of benzene rings is 2. The van der Waals surface area contributed by atoms with Crippen molar-refractivity contribution in [1.82, 2.24) is 9.46 Å². The first-order chi connectivity index (χ1) is 14.2. The van der Waals surface area contributed by atoms with E-state index in [4.69, 9.17) is 4.52 Å². The van der Waals surface area contributed by atoms with E-state index in [1.54, 1.807) is 24.3 Å². The summed E-state index contributed by atoms with van der Waals surface area (Å²) in [7, 11) is -1.58. The van der Waals surface area contributed by atoms with Gasteiger partial charge >= 0.3 is 0 Å². The maximum Gasteiger partial charge on any atom is 0.243 e. The van der Waals surface area contributed by atoms with Crippen molar-refractivity contribution in [3.63, 3.8) is 0 Å². The first-order valence-corrected chi connectivity index (χ1v) is 11.5. The lowest BCUT2D eigenvalue weighted by molar-refractivity contribution is 0.342. The molecule has 0 radical (unpaired) electrons. The van der Waals surface area contributed by atoms with Crippen molar-refractivity contribution in [2.75, 3.05) is 25.5 Å². The Balaban J connectivity index is 1.91. The van der Waals surface area contributed by atoms with Crippen molar-refractivity contribution in [3.8, 4) is 11.3 Å². The van der Waals surface area contributed by atoms with Crippen molar-refractivity contribution in [3.05, 3.63) is 65.9 Å². The van der Waals surface area contributed by atoms with Crippen LogP contribution in [-0.2, 0) is 15.4 Å². The van der Waals surface area contributed by atoms with Gasteiger partial charge in [-0.15, -0.1) is 0 Å². The fraction of sp³-hybridized carbons (Fsp3) is 0.348. The van der Waals surface area contributed by atoms with Crippen LogP contribution in [0.25, 0.3) is 11.3 Å². The van der Waals surface area contributed by atoms with Crippen LogP contribution in [0, 0.1) is 0 Å². The van der Waals surface area contributed by atoms with Gasteiger partial charge in [-0.05, 0) is 37.6 Å². The van der Waals surface area contributed by atoms with E-state index in [-0.39, 0.29) is 4.90 Å². The Kier molecular flexibility index (Phi) is 6.33. The zero-order valence-electron chi connectivity index (χ0n) is 18.1. The molecule has 1 heterocycles. The summed E-state index contributed by atoms with van der Waals surface area (Å²) in [5.74, 6) is 0.736. The number of sulfonamides is 1. The van der Waals surface area contributed by atoms with Crippen molar-refractivity contribution in [2.24, 2.45) is 0 Å². The molecular formula is C23H29N3O3S. The number of rotatable bonds is 8. The molecule has 1 N–H and O–H groups in total. The summed E-state index contributed by atoms with van der Waals surface area (Å²) < 4.78 is 32.5. The molecule has 7 heteroatoms. The summed E-state index contributed by atoms with van der Waals surface area (Å²) in [6, 6.07) is 16.8. The van der Waals surface area contributed by atoms with Crippen LogP contribution in [0.5, 0.6) is 0 Å². The lowest BCUT2D eigenvalue weighted by Crippen LogP contribution is -2.30. The third-order valence-electron chi connectivity index (χ3n) is 5.49. The Bertz CT molecular complexity index is 1100. The van der Waals surface area contributed by atoms with Crippen LogP contribution in [0.3, 0.4) is 0 Å². The van der Waals surface area contributed by atoms with Gasteiger partial charge in [0, 0.05) is 37.5 Å². The number of hydrogen-bond acceptors (Lipinski definition) is 5. The lowest BCUT2D eigenvalue weighted by Gasteiger charge is -2.24. The third kappa shape index (κ3) is 4.00. The van der Waals surface area contributed by atoms with Gasteiger partial charge in [-0.2, -0.15) is 4.31 Å². The van der Waals surface area contributed by atoms with Crippen LogP contribution in [0.4, 0.5) is 5.69 Å². The van der Waals surface area contributed by atoms with Gasteiger partial charge in [0.05, 0.1) is 10.3 Å². The Hall–Kier alpha value is -2.64. The topological polar surface area (TPSA) is 75.4 Å². The summed E-state index contributed by atoms with van der Waals surface area (Å²) in [5, 5.41) is 7.46. The molecule has 0 saturated carbocycles. The highest BCUT2D eigenvalue weighted by molar-refractivity contribution is 7.89. The summed E-state index contributed by atoms with van der Waals surface area (Å²) in [6.45, 7) is 8.73. The second-order valence-corrected chi connectivity index (χ2v) is 9.55. The van der Waals surface area contributed by atoms with Crippen molar-refractivity contribution >= 4 is 15.7 Å². The van der Waals surface area contributed by atoms with E-state index >= 15 is 0 Å². The minimum atomic E-state index is -3.48. The average molecular weight is 428 g/mol. The molecule has 3 aromatic rings. The van der Waals surface area contributed by atoms with E-state index in [1.165, 1.54) is 4.31 Å². The predicted octanol–water partition coefficient (Wildman–Crippen LogP) is 4.74. The van der Waals surface area contributed by atoms with Crippen molar-refractivity contribution in [2.45, 2.75) is 38.0 Å². The molecule has 160 valence electrons. The maximum absolute atomic E-state index is 12.7. The van der Waals surface area contributed by atoms with Gasteiger partial charge in [0.1, 0.15) is 11.5 Å². The summed E-state index contributed by atoms with van der Waals surface area (Å²) in [5.41, 5.74) is 3.23. The number of nitrogens with zero attached hydrogens (tertiary/aromatic N) is 2. The van der Waals surface area contributed by atoms with Crippen molar-refractivity contribution < 1.29 is 12.9 Å². The zero-order chi connectivity index (χ0) is 21.9. The number of hydrogen-bond donors (Lipinski definition) is 1. The van der Waals surface area contributed by atoms with Crippen LogP contribution in [0.2, 0.25) is 0 Å². The molecule has 2 aromatic carbocycles. The zero-order valence-corrected chi connectivity index (χ0v) is 19.0. The van der Waals surface area contributed by atoms with Gasteiger partial charge in [0.25, 0.3) is 0 Å². The Morgan fingerprint density at radius 2 is 1.67 bits per heavy atom.